The van der Waals surface area contributed by atoms with E-state index in [-0.39, 0.29) is 18.1 Å². The van der Waals surface area contributed by atoms with Gasteiger partial charge in [0.05, 0.1) is 6.42 Å². The first-order valence-corrected chi connectivity index (χ1v) is 5.28. The molecule has 0 aliphatic carbocycles. The summed E-state index contributed by atoms with van der Waals surface area (Å²) >= 11 is 0. The van der Waals surface area contributed by atoms with Gasteiger partial charge < -0.3 is 9.84 Å². The Morgan fingerprint density at radius 1 is 1.38 bits per heavy atom. The first-order chi connectivity index (χ1) is 7.28. The molecular weight excluding hydrogens is 204 g/mol. The van der Waals surface area contributed by atoms with Gasteiger partial charge in [-0.15, -0.1) is 0 Å². The Morgan fingerprint density at radius 2 is 2.00 bits per heavy atom. The van der Waals surface area contributed by atoms with Gasteiger partial charge in [-0.05, 0) is 39.3 Å². The summed E-state index contributed by atoms with van der Waals surface area (Å²) in [4.78, 5) is 11.5. The first-order valence-electron chi connectivity index (χ1n) is 5.28. The average Bonchev–Trinajstić information content (AvgIpc) is 2.06. The zero-order chi connectivity index (χ0) is 12.3. The molecule has 0 amide bonds. The summed E-state index contributed by atoms with van der Waals surface area (Å²) in [6.07, 6.45) is 0.101. The predicted octanol–water partition coefficient (Wildman–Crippen LogP) is 2.58. The molecule has 1 aromatic rings. The van der Waals surface area contributed by atoms with E-state index in [0.717, 1.165) is 5.56 Å². The van der Waals surface area contributed by atoms with E-state index in [4.69, 9.17) is 4.74 Å². The highest BCUT2D eigenvalue weighted by molar-refractivity contribution is 5.74. The number of benzene rings is 1. The smallest absolute Gasteiger partial charge is 0.310 e. The Kier molecular flexibility index (Phi) is 3.58. The predicted molar refractivity (Wildman–Crippen MR) is 62.4 cm³/mol. The minimum Gasteiger partial charge on any atom is -0.508 e. The van der Waals surface area contributed by atoms with Crippen LogP contribution in [-0.4, -0.2) is 16.7 Å². The standard InChI is InChI=1S/C13H18O3/c1-9-5-6-10(11(14)7-9)8-12(15)16-13(2,3)4/h5-7,14H,8H2,1-4H3. The topological polar surface area (TPSA) is 46.5 Å². The molecule has 0 atom stereocenters. The number of aryl methyl sites for hydroxylation is 1. The fraction of sp³-hybridized carbons (Fsp3) is 0.462. The quantitative estimate of drug-likeness (QED) is 0.782. The second-order valence-electron chi connectivity index (χ2n) is 4.90. The van der Waals surface area contributed by atoms with E-state index in [9.17, 15) is 9.90 Å². The van der Waals surface area contributed by atoms with Gasteiger partial charge in [-0.25, -0.2) is 0 Å². The molecule has 88 valence electrons. The van der Waals surface area contributed by atoms with Gasteiger partial charge in [0.25, 0.3) is 0 Å². The zero-order valence-electron chi connectivity index (χ0n) is 10.2. The number of carbonyl (C=O) groups excluding carboxylic acids is 1. The summed E-state index contributed by atoms with van der Waals surface area (Å²) in [6, 6.07) is 5.24. The Hall–Kier alpha value is -1.51. The highest BCUT2D eigenvalue weighted by atomic mass is 16.6. The van der Waals surface area contributed by atoms with Gasteiger partial charge in [0.2, 0.25) is 0 Å². The van der Waals surface area contributed by atoms with Crippen LogP contribution in [0.25, 0.3) is 0 Å². The van der Waals surface area contributed by atoms with E-state index in [1.165, 1.54) is 0 Å². The number of phenolic OH excluding ortho intramolecular Hbond substituents is 1. The van der Waals surface area contributed by atoms with Crippen LogP contribution in [0, 0.1) is 6.92 Å². The van der Waals surface area contributed by atoms with E-state index in [1.807, 2.05) is 33.8 Å². The van der Waals surface area contributed by atoms with Crippen molar-refractivity contribution in [3.63, 3.8) is 0 Å². The molecule has 1 aromatic carbocycles. The lowest BCUT2D eigenvalue weighted by atomic mass is 10.1. The number of phenols is 1. The Morgan fingerprint density at radius 3 is 2.50 bits per heavy atom. The van der Waals surface area contributed by atoms with Crippen LogP contribution in [0.3, 0.4) is 0 Å². The number of ether oxygens (including phenoxy) is 1. The van der Waals surface area contributed by atoms with Crippen LogP contribution >= 0.6 is 0 Å². The van der Waals surface area contributed by atoms with Gasteiger partial charge in [0, 0.05) is 5.56 Å². The third-order valence-corrected chi connectivity index (χ3v) is 2.00. The summed E-state index contributed by atoms with van der Waals surface area (Å²) in [5, 5.41) is 9.63. The normalized spacial score (nSPS) is 11.2. The maximum atomic E-state index is 11.5. The number of esters is 1. The lowest BCUT2D eigenvalue weighted by Crippen LogP contribution is -2.24. The molecule has 0 aliphatic rings. The van der Waals surface area contributed by atoms with E-state index in [0.29, 0.717) is 5.56 Å². The number of carbonyl (C=O) groups is 1. The van der Waals surface area contributed by atoms with Crippen molar-refractivity contribution in [2.75, 3.05) is 0 Å². The van der Waals surface area contributed by atoms with Crippen LogP contribution in [0.2, 0.25) is 0 Å². The molecule has 0 fully saturated rings. The van der Waals surface area contributed by atoms with Crippen molar-refractivity contribution >= 4 is 5.97 Å². The highest BCUT2D eigenvalue weighted by Gasteiger charge is 2.17. The number of hydrogen-bond acceptors (Lipinski definition) is 3. The van der Waals surface area contributed by atoms with Gasteiger partial charge in [-0.3, -0.25) is 4.79 Å². The van der Waals surface area contributed by atoms with Crippen LogP contribution < -0.4 is 0 Å². The van der Waals surface area contributed by atoms with Crippen LogP contribution in [0.5, 0.6) is 5.75 Å². The van der Waals surface area contributed by atoms with E-state index in [2.05, 4.69) is 0 Å². The summed E-state index contributed by atoms with van der Waals surface area (Å²) in [6.45, 7) is 7.34. The molecule has 0 spiro atoms. The maximum absolute atomic E-state index is 11.5. The van der Waals surface area contributed by atoms with Crippen LogP contribution in [0.15, 0.2) is 18.2 Å². The molecule has 3 nitrogen and oxygen atoms in total. The molecule has 16 heavy (non-hydrogen) atoms. The van der Waals surface area contributed by atoms with Gasteiger partial charge in [0.1, 0.15) is 11.4 Å². The average molecular weight is 222 g/mol. The Labute approximate surface area is 96.1 Å². The van der Waals surface area contributed by atoms with Crippen molar-refractivity contribution in [1.82, 2.24) is 0 Å². The third-order valence-electron chi connectivity index (χ3n) is 2.00. The van der Waals surface area contributed by atoms with Crippen LogP contribution in [0.1, 0.15) is 31.9 Å². The maximum Gasteiger partial charge on any atom is 0.310 e. The molecule has 0 bridgehead atoms. The summed E-state index contributed by atoms with van der Waals surface area (Å²) in [5.41, 5.74) is 1.07. The molecule has 0 aromatic heterocycles. The minimum absolute atomic E-state index is 0.101. The fourth-order valence-corrected chi connectivity index (χ4v) is 1.36. The van der Waals surface area contributed by atoms with Gasteiger partial charge in [0.15, 0.2) is 0 Å². The molecule has 0 saturated heterocycles. The molecule has 0 saturated carbocycles. The van der Waals surface area contributed by atoms with E-state index < -0.39 is 5.60 Å². The number of hydrogen-bond donors (Lipinski definition) is 1. The van der Waals surface area contributed by atoms with E-state index >= 15 is 0 Å². The molecule has 1 rings (SSSR count). The number of rotatable bonds is 2. The van der Waals surface area contributed by atoms with Crippen molar-refractivity contribution < 1.29 is 14.6 Å². The van der Waals surface area contributed by atoms with Gasteiger partial charge >= 0.3 is 5.97 Å². The SMILES string of the molecule is Cc1ccc(CC(=O)OC(C)(C)C)c(O)c1. The number of aromatic hydroxyl groups is 1. The Balaban J connectivity index is 2.70. The molecule has 0 aliphatic heterocycles. The second-order valence-corrected chi connectivity index (χ2v) is 4.90. The van der Waals surface area contributed by atoms with Crippen molar-refractivity contribution in [1.29, 1.82) is 0 Å². The summed E-state index contributed by atoms with van der Waals surface area (Å²) in [7, 11) is 0. The van der Waals surface area contributed by atoms with Gasteiger partial charge in [-0.1, -0.05) is 12.1 Å². The second kappa shape index (κ2) is 4.56. The summed E-state index contributed by atoms with van der Waals surface area (Å²) < 4.78 is 5.18. The van der Waals surface area contributed by atoms with Crippen molar-refractivity contribution in [2.45, 2.75) is 39.7 Å². The molecular formula is C13H18O3. The van der Waals surface area contributed by atoms with E-state index in [1.54, 1.807) is 12.1 Å². The minimum atomic E-state index is -0.489. The van der Waals surface area contributed by atoms with Crippen LogP contribution in [-0.2, 0) is 16.0 Å². The molecule has 0 unspecified atom stereocenters. The summed E-state index contributed by atoms with van der Waals surface area (Å²) in [5.74, 6) is -0.183. The van der Waals surface area contributed by atoms with Crippen molar-refractivity contribution in [3.05, 3.63) is 29.3 Å². The fourth-order valence-electron chi connectivity index (χ4n) is 1.36. The highest BCUT2D eigenvalue weighted by Crippen LogP contribution is 2.20. The zero-order valence-corrected chi connectivity index (χ0v) is 10.2. The first kappa shape index (κ1) is 12.6. The van der Waals surface area contributed by atoms with Crippen molar-refractivity contribution in [3.8, 4) is 5.75 Å². The molecule has 1 N–H and O–H groups in total. The molecule has 0 heterocycles. The molecule has 0 radical (unpaired) electrons. The lowest BCUT2D eigenvalue weighted by Gasteiger charge is -2.19. The third kappa shape index (κ3) is 3.93. The lowest BCUT2D eigenvalue weighted by molar-refractivity contribution is -0.153. The van der Waals surface area contributed by atoms with Crippen LogP contribution in [0.4, 0.5) is 0 Å². The monoisotopic (exact) mass is 222 g/mol. The largest absolute Gasteiger partial charge is 0.508 e. The Bertz CT molecular complexity index is 389. The van der Waals surface area contributed by atoms with Gasteiger partial charge in [-0.2, -0.15) is 0 Å². The molecule has 3 heteroatoms. The van der Waals surface area contributed by atoms with Crippen molar-refractivity contribution in [2.24, 2.45) is 0 Å².